The van der Waals surface area contributed by atoms with Crippen LogP contribution in [0.1, 0.15) is 43.6 Å². The van der Waals surface area contributed by atoms with E-state index in [0.717, 1.165) is 12.2 Å². The first kappa shape index (κ1) is 11.3. The van der Waals surface area contributed by atoms with Gasteiger partial charge in [0.05, 0.1) is 6.26 Å². The van der Waals surface area contributed by atoms with Gasteiger partial charge in [-0.2, -0.15) is 0 Å². The monoisotopic (exact) mass is 215 g/mol. The van der Waals surface area contributed by atoms with Gasteiger partial charge in [-0.1, -0.05) is 50.8 Å². The third-order valence-corrected chi connectivity index (χ3v) is 3.09. The van der Waals surface area contributed by atoms with Gasteiger partial charge in [0.2, 0.25) is 0 Å². The van der Waals surface area contributed by atoms with Crippen molar-refractivity contribution in [2.75, 3.05) is 0 Å². The van der Waals surface area contributed by atoms with E-state index in [4.69, 9.17) is 4.74 Å². The number of hydrogen-bond acceptors (Lipinski definition) is 1. The molecule has 85 valence electrons. The molecule has 1 atom stereocenters. The number of para-hydroxylation sites is 1. The van der Waals surface area contributed by atoms with Gasteiger partial charge in [0.25, 0.3) is 0 Å². The van der Waals surface area contributed by atoms with Crippen molar-refractivity contribution < 1.29 is 4.74 Å². The molecule has 0 N–H and O–H groups in total. The molecule has 1 aliphatic rings. The van der Waals surface area contributed by atoms with Gasteiger partial charge in [0.1, 0.15) is 5.75 Å². The first-order valence-electron chi connectivity index (χ1n) is 6.13. The van der Waals surface area contributed by atoms with Gasteiger partial charge in [-0.3, -0.25) is 0 Å². The quantitative estimate of drug-likeness (QED) is 0.659. The second-order valence-electron chi connectivity index (χ2n) is 4.29. The first-order chi connectivity index (χ1) is 7.92. The third kappa shape index (κ3) is 2.66. The lowest BCUT2D eigenvalue weighted by Crippen LogP contribution is -2.03. The second-order valence-corrected chi connectivity index (χ2v) is 4.29. The molecule has 0 amide bonds. The van der Waals surface area contributed by atoms with Gasteiger partial charge < -0.3 is 4.74 Å². The molecule has 0 bridgehead atoms. The summed E-state index contributed by atoms with van der Waals surface area (Å²) in [5, 5.41) is 0. The number of benzene rings is 1. The van der Waals surface area contributed by atoms with Gasteiger partial charge in [0.15, 0.2) is 0 Å². The SMILES string of the molecule is [CH2]CCCCCC1C=COc2ccccc21. The molecule has 2 rings (SSSR count). The Labute approximate surface area is 98.1 Å². The molecule has 1 heterocycles. The standard InChI is InChI=1S/C15H19O/c1-2-3-4-5-8-13-11-12-16-15-10-7-6-9-14(13)15/h6-7,9-13H,1-5,8H2. The summed E-state index contributed by atoms with van der Waals surface area (Å²) in [5.74, 6) is 1.56. The smallest absolute Gasteiger partial charge is 0.130 e. The number of rotatable bonds is 5. The Morgan fingerprint density at radius 1 is 1.12 bits per heavy atom. The van der Waals surface area contributed by atoms with E-state index in [1.54, 1.807) is 0 Å². The van der Waals surface area contributed by atoms with E-state index in [2.05, 4.69) is 25.1 Å². The Hall–Kier alpha value is -1.24. The highest BCUT2D eigenvalue weighted by atomic mass is 16.5. The van der Waals surface area contributed by atoms with E-state index in [0.29, 0.717) is 5.92 Å². The maximum Gasteiger partial charge on any atom is 0.130 e. The Balaban J connectivity index is 1.94. The number of hydrogen-bond donors (Lipinski definition) is 0. The molecule has 1 aliphatic heterocycles. The van der Waals surface area contributed by atoms with Crippen molar-refractivity contribution in [3.05, 3.63) is 49.1 Å². The van der Waals surface area contributed by atoms with Crippen molar-refractivity contribution in [3.63, 3.8) is 0 Å². The van der Waals surface area contributed by atoms with Crippen molar-refractivity contribution in [3.8, 4) is 5.75 Å². The lowest BCUT2D eigenvalue weighted by atomic mass is 9.91. The third-order valence-electron chi connectivity index (χ3n) is 3.09. The zero-order valence-corrected chi connectivity index (χ0v) is 9.69. The summed E-state index contributed by atoms with van der Waals surface area (Å²) in [6.45, 7) is 3.87. The van der Waals surface area contributed by atoms with Crippen LogP contribution < -0.4 is 4.74 Å². The van der Waals surface area contributed by atoms with Crippen molar-refractivity contribution in [2.24, 2.45) is 0 Å². The van der Waals surface area contributed by atoms with Crippen molar-refractivity contribution in [1.29, 1.82) is 0 Å². The lowest BCUT2D eigenvalue weighted by Gasteiger charge is -2.20. The normalized spacial score (nSPS) is 17.9. The molecule has 0 spiro atoms. The average Bonchev–Trinajstić information content (AvgIpc) is 2.35. The average molecular weight is 215 g/mol. The van der Waals surface area contributed by atoms with Crippen LogP contribution in [-0.4, -0.2) is 0 Å². The fourth-order valence-electron chi connectivity index (χ4n) is 2.17. The summed E-state index contributed by atoms with van der Waals surface area (Å²) < 4.78 is 5.49. The lowest BCUT2D eigenvalue weighted by molar-refractivity contribution is 0.445. The van der Waals surface area contributed by atoms with Crippen LogP contribution in [0, 0.1) is 6.92 Å². The molecule has 1 heteroatoms. The maximum atomic E-state index is 5.49. The van der Waals surface area contributed by atoms with Crippen molar-refractivity contribution in [1.82, 2.24) is 0 Å². The van der Waals surface area contributed by atoms with E-state index >= 15 is 0 Å². The van der Waals surface area contributed by atoms with Crippen LogP contribution in [0.25, 0.3) is 0 Å². The predicted octanol–water partition coefficient (Wildman–Crippen LogP) is 4.46. The number of unbranched alkanes of at least 4 members (excludes halogenated alkanes) is 3. The highest BCUT2D eigenvalue weighted by molar-refractivity contribution is 5.40. The zero-order chi connectivity index (χ0) is 11.2. The molecule has 16 heavy (non-hydrogen) atoms. The fourth-order valence-corrected chi connectivity index (χ4v) is 2.17. The molecule has 1 aromatic carbocycles. The first-order valence-corrected chi connectivity index (χ1v) is 6.13. The van der Waals surface area contributed by atoms with Gasteiger partial charge >= 0.3 is 0 Å². The molecule has 1 aromatic rings. The van der Waals surface area contributed by atoms with Gasteiger partial charge in [-0.25, -0.2) is 0 Å². The number of allylic oxidation sites excluding steroid dienone is 1. The molecule has 0 aromatic heterocycles. The van der Waals surface area contributed by atoms with E-state index in [-0.39, 0.29) is 0 Å². The highest BCUT2D eigenvalue weighted by Crippen LogP contribution is 2.34. The molecule has 1 radical (unpaired) electrons. The Kier molecular flexibility index (Phi) is 4.03. The summed E-state index contributed by atoms with van der Waals surface area (Å²) in [6.07, 6.45) is 10.1. The summed E-state index contributed by atoms with van der Waals surface area (Å²) in [7, 11) is 0. The van der Waals surface area contributed by atoms with Gasteiger partial charge in [-0.15, -0.1) is 0 Å². The van der Waals surface area contributed by atoms with E-state index in [1.165, 1.54) is 31.2 Å². The molecule has 1 unspecified atom stereocenters. The minimum Gasteiger partial charge on any atom is -0.465 e. The van der Waals surface area contributed by atoms with Crippen LogP contribution in [0.4, 0.5) is 0 Å². The van der Waals surface area contributed by atoms with Crippen molar-refractivity contribution >= 4 is 0 Å². The van der Waals surface area contributed by atoms with Crippen LogP contribution in [0.3, 0.4) is 0 Å². The fraction of sp³-hybridized carbons (Fsp3) is 0.400. The topological polar surface area (TPSA) is 9.23 Å². The molecule has 0 aliphatic carbocycles. The molecule has 0 saturated carbocycles. The van der Waals surface area contributed by atoms with Crippen LogP contribution in [0.2, 0.25) is 0 Å². The Morgan fingerprint density at radius 3 is 2.88 bits per heavy atom. The molecule has 0 fully saturated rings. The van der Waals surface area contributed by atoms with Crippen LogP contribution in [0.5, 0.6) is 5.75 Å². The molecular formula is C15H19O. The van der Waals surface area contributed by atoms with Gasteiger partial charge in [0, 0.05) is 11.5 Å². The number of fused-ring (bicyclic) bond motifs is 1. The van der Waals surface area contributed by atoms with Crippen LogP contribution >= 0.6 is 0 Å². The van der Waals surface area contributed by atoms with E-state index < -0.39 is 0 Å². The highest BCUT2D eigenvalue weighted by Gasteiger charge is 2.16. The summed E-state index contributed by atoms with van der Waals surface area (Å²) >= 11 is 0. The van der Waals surface area contributed by atoms with Crippen LogP contribution in [-0.2, 0) is 0 Å². The Morgan fingerprint density at radius 2 is 2.00 bits per heavy atom. The van der Waals surface area contributed by atoms with Gasteiger partial charge in [-0.05, 0) is 18.6 Å². The minimum absolute atomic E-state index is 0.537. The summed E-state index contributed by atoms with van der Waals surface area (Å²) in [6, 6.07) is 8.33. The van der Waals surface area contributed by atoms with E-state index in [9.17, 15) is 0 Å². The minimum atomic E-state index is 0.537. The largest absolute Gasteiger partial charge is 0.465 e. The zero-order valence-electron chi connectivity index (χ0n) is 9.69. The van der Waals surface area contributed by atoms with Crippen molar-refractivity contribution in [2.45, 2.75) is 38.0 Å². The molecule has 0 saturated heterocycles. The van der Waals surface area contributed by atoms with E-state index in [1.807, 2.05) is 18.4 Å². The number of ether oxygens (including phenoxy) is 1. The summed E-state index contributed by atoms with van der Waals surface area (Å²) in [4.78, 5) is 0. The predicted molar refractivity (Wildman–Crippen MR) is 67.4 cm³/mol. The second kappa shape index (κ2) is 5.74. The molecule has 1 nitrogen and oxygen atoms in total. The molecular weight excluding hydrogens is 196 g/mol. The maximum absolute atomic E-state index is 5.49. The van der Waals surface area contributed by atoms with Crippen LogP contribution in [0.15, 0.2) is 36.6 Å². The summed E-state index contributed by atoms with van der Waals surface area (Å²) in [5.41, 5.74) is 1.33. The Bertz CT molecular complexity index is 354.